The van der Waals surface area contributed by atoms with Gasteiger partial charge in [0.25, 0.3) is 0 Å². The molecule has 2 rings (SSSR count). The van der Waals surface area contributed by atoms with E-state index in [1.165, 1.54) is 14.9 Å². The summed E-state index contributed by atoms with van der Waals surface area (Å²) >= 11 is 5.25. The van der Waals surface area contributed by atoms with Crippen LogP contribution < -0.4 is 5.73 Å². The van der Waals surface area contributed by atoms with Gasteiger partial charge in [0.1, 0.15) is 0 Å². The third-order valence-corrected chi connectivity index (χ3v) is 3.97. The van der Waals surface area contributed by atoms with Gasteiger partial charge in [-0.25, -0.2) is 0 Å². The second-order valence-electron chi connectivity index (χ2n) is 2.79. The van der Waals surface area contributed by atoms with Crippen LogP contribution in [0.25, 0.3) is 0 Å². The lowest BCUT2D eigenvalue weighted by Gasteiger charge is -2.22. The lowest BCUT2D eigenvalue weighted by Crippen LogP contribution is -2.21. The Kier molecular flexibility index (Phi) is 2.50. The van der Waals surface area contributed by atoms with Gasteiger partial charge in [-0.15, -0.1) is 11.3 Å². The maximum absolute atomic E-state index is 5.59. The van der Waals surface area contributed by atoms with Crippen LogP contribution in [0.4, 0.5) is 0 Å². The van der Waals surface area contributed by atoms with Crippen LogP contribution >= 0.6 is 27.3 Å². The average Bonchev–Trinajstić information content (AvgIpc) is 2.48. The molecule has 12 heavy (non-hydrogen) atoms. The third kappa shape index (κ3) is 1.33. The first-order chi connectivity index (χ1) is 5.83. The summed E-state index contributed by atoms with van der Waals surface area (Å²) in [6.07, 6.45) is 1.13. The van der Waals surface area contributed by atoms with Gasteiger partial charge in [-0.3, -0.25) is 0 Å². The molecule has 1 aliphatic heterocycles. The monoisotopic (exact) mass is 247 g/mol. The van der Waals surface area contributed by atoms with Crippen LogP contribution in [-0.4, -0.2) is 13.2 Å². The highest BCUT2D eigenvalue weighted by Crippen LogP contribution is 2.36. The summed E-state index contributed by atoms with van der Waals surface area (Å²) in [5.74, 6) is 0. The molecule has 4 heteroatoms. The molecule has 1 atom stereocenters. The zero-order valence-corrected chi connectivity index (χ0v) is 8.95. The van der Waals surface area contributed by atoms with E-state index in [4.69, 9.17) is 10.5 Å². The van der Waals surface area contributed by atoms with Crippen molar-refractivity contribution in [2.75, 3.05) is 13.2 Å². The molecule has 0 saturated carbocycles. The first kappa shape index (κ1) is 8.69. The van der Waals surface area contributed by atoms with Crippen molar-refractivity contribution in [1.29, 1.82) is 0 Å². The van der Waals surface area contributed by atoms with E-state index < -0.39 is 0 Å². The number of halogens is 1. The summed E-state index contributed by atoms with van der Waals surface area (Å²) in [7, 11) is 0. The fourth-order valence-corrected chi connectivity index (χ4v) is 3.07. The Hall–Kier alpha value is 0.100. The number of rotatable bonds is 1. The molecule has 0 amide bonds. The minimum atomic E-state index is 0.122. The van der Waals surface area contributed by atoms with Crippen molar-refractivity contribution in [2.24, 2.45) is 5.73 Å². The zero-order valence-electron chi connectivity index (χ0n) is 6.55. The van der Waals surface area contributed by atoms with Gasteiger partial charge in [-0.2, -0.15) is 0 Å². The van der Waals surface area contributed by atoms with Crippen molar-refractivity contribution < 1.29 is 4.74 Å². The zero-order chi connectivity index (χ0) is 8.55. The van der Waals surface area contributed by atoms with E-state index >= 15 is 0 Å². The minimum Gasteiger partial charge on any atom is -0.372 e. The van der Waals surface area contributed by atoms with Crippen molar-refractivity contribution in [1.82, 2.24) is 0 Å². The Labute approximate surface area is 83.8 Å². The first-order valence-electron chi connectivity index (χ1n) is 3.90. The van der Waals surface area contributed by atoms with E-state index in [0.717, 1.165) is 13.0 Å². The van der Waals surface area contributed by atoms with Gasteiger partial charge in [0.15, 0.2) is 0 Å². The Morgan fingerprint density at radius 1 is 1.75 bits per heavy atom. The molecule has 0 saturated heterocycles. The number of hydrogen-bond acceptors (Lipinski definition) is 3. The average molecular weight is 248 g/mol. The van der Waals surface area contributed by atoms with E-state index in [2.05, 4.69) is 21.3 Å². The quantitative estimate of drug-likeness (QED) is 0.825. The number of thiophene rings is 1. The maximum Gasteiger partial charge on any atom is 0.0958 e. The molecule has 0 aliphatic carbocycles. The van der Waals surface area contributed by atoms with Gasteiger partial charge >= 0.3 is 0 Å². The topological polar surface area (TPSA) is 35.2 Å². The predicted octanol–water partition coefficient (Wildman–Crippen LogP) is 2.08. The summed E-state index contributed by atoms with van der Waals surface area (Å²) < 4.78 is 6.76. The minimum absolute atomic E-state index is 0.122. The van der Waals surface area contributed by atoms with Crippen LogP contribution in [0.1, 0.15) is 17.2 Å². The lowest BCUT2D eigenvalue weighted by molar-refractivity contribution is 0.0489. The highest BCUT2D eigenvalue weighted by molar-refractivity contribution is 9.11. The molecular formula is C8H10BrNOS. The second kappa shape index (κ2) is 3.46. The molecule has 2 N–H and O–H groups in total. The van der Waals surface area contributed by atoms with Gasteiger partial charge in [0.05, 0.1) is 16.5 Å². The summed E-state index contributed by atoms with van der Waals surface area (Å²) in [4.78, 5) is 0. The number of hydrogen-bond donors (Lipinski definition) is 1. The van der Waals surface area contributed by atoms with E-state index in [9.17, 15) is 0 Å². The van der Waals surface area contributed by atoms with E-state index in [0.29, 0.717) is 6.54 Å². The van der Waals surface area contributed by atoms with Crippen LogP contribution in [0.15, 0.2) is 9.17 Å². The fourth-order valence-electron chi connectivity index (χ4n) is 1.47. The molecule has 0 bridgehead atoms. The highest BCUT2D eigenvalue weighted by atomic mass is 79.9. The molecule has 0 radical (unpaired) electrons. The summed E-state index contributed by atoms with van der Waals surface area (Å²) in [6, 6.07) is 0. The van der Waals surface area contributed by atoms with Gasteiger partial charge in [0, 0.05) is 6.54 Å². The van der Waals surface area contributed by atoms with E-state index in [1.54, 1.807) is 11.3 Å². The molecule has 2 heterocycles. The maximum atomic E-state index is 5.59. The van der Waals surface area contributed by atoms with Gasteiger partial charge < -0.3 is 10.5 Å². The van der Waals surface area contributed by atoms with Crippen LogP contribution in [0, 0.1) is 0 Å². The summed E-state index contributed by atoms with van der Waals surface area (Å²) in [6.45, 7) is 1.38. The van der Waals surface area contributed by atoms with Crippen molar-refractivity contribution in [2.45, 2.75) is 12.5 Å². The molecule has 1 unspecified atom stereocenters. The highest BCUT2D eigenvalue weighted by Gasteiger charge is 2.22. The predicted molar refractivity (Wildman–Crippen MR) is 53.5 cm³/mol. The third-order valence-electron chi connectivity index (χ3n) is 2.11. The van der Waals surface area contributed by atoms with Crippen LogP contribution in [-0.2, 0) is 11.2 Å². The van der Waals surface area contributed by atoms with Crippen LogP contribution in [0.3, 0.4) is 0 Å². The summed E-state index contributed by atoms with van der Waals surface area (Å²) in [5, 5.41) is 2.14. The van der Waals surface area contributed by atoms with Crippen LogP contribution in [0.5, 0.6) is 0 Å². The standard InChI is InChI=1S/C8H10BrNOS/c9-8-5-1-2-11-7(3-10)6(5)4-12-8/h4,7H,1-3,10H2. The first-order valence-corrected chi connectivity index (χ1v) is 5.57. The van der Waals surface area contributed by atoms with Crippen LogP contribution in [0.2, 0.25) is 0 Å². The van der Waals surface area contributed by atoms with E-state index in [-0.39, 0.29) is 6.10 Å². The Balaban J connectivity index is 2.38. The molecule has 1 aliphatic rings. The normalized spacial score (nSPS) is 22.3. The molecule has 0 spiro atoms. The number of ether oxygens (including phenoxy) is 1. The van der Waals surface area contributed by atoms with Gasteiger partial charge in [-0.1, -0.05) is 0 Å². The molecule has 0 aromatic carbocycles. The van der Waals surface area contributed by atoms with Crippen molar-refractivity contribution >= 4 is 27.3 Å². The van der Waals surface area contributed by atoms with Gasteiger partial charge in [0.2, 0.25) is 0 Å². The molecule has 0 fully saturated rings. The van der Waals surface area contributed by atoms with Crippen molar-refractivity contribution in [3.63, 3.8) is 0 Å². The van der Waals surface area contributed by atoms with Crippen molar-refractivity contribution in [3.05, 3.63) is 20.3 Å². The van der Waals surface area contributed by atoms with Crippen molar-refractivity contribution in [3.8, 4) is 0 Å². The Morgan fingerprint density at radius 3 is 3.33 bits per heavy atom. The molecular weight excluding hydrogens is 238 g/mol. The lowest BCUT2D eigenvalue weighted by atomic mass is 10.0. The smallest absolute Gasteiger partial charge is 0.0958 e. The molecule has 66 valence electrons. The van der Waals surface area contributed by atoms with Gasteiger partial charge in [-0.05, 0) is 38.9 Å². The fraction of sp³-hybridized carbons (Fsp3) is 0.500. The SMILES string of the molecule is NCC1OCCc2c1csc2Br. The molecule has 1 aromatic rings. The van der Waals surface area contributed by atoms with E-state index in [1.807, 2.05) is 0 Å². The molecule has 1 aromatic heterocycles. The Morgan fingerprint density at radius 2 is 2.58 bits per heavy atom. The number of fused-ring (bicyclic) bond motifs is 1. The summed E-state index contributed by atoms with van der Waals surface area (Å²) in [5.41, 5.74) is 8.26. The second-order valence-corrected chi connectivity index (χ2v) is 4.99. The Bertz CT molecular complexity index is 287. The number of nitrogens with two attached hydrogens (primary N) is 1. The molecule has 2 nitrogen and oxygen atoms in total. The largest absolute Gasteiger partial charge is 0.372 e.